The van der Waals surface area contributed by atoms with Gasteiger partial charge in [0.05, 0.1) is 10.6 Å². The fraction of sp³-hybridized carbons (Fsp3) is 0.208. The van der Waals surface area contributed by atoms with Crippen molar-refractivity contribution in [1.82, 2.24) is 4.57 Å². The van der Waals surface area contributed by atoms with E-state index in [1.807, 2.05) is 30.3 Å². The zero-order valence-electron chi connectivity index (χ0n) is 17.5. The molecule has 0 amide bonds. The number of fused-ring (bicyclic) bond motifs is 1. The largest absolute Gasteiger partial charge is 0.508 e. The van der Waals surface area contributed by atoms with E-state index >= 15 is 0 Å². The number of Topliss-reactive ketones (excluding diaryl/α,β-unsaturated/α-hetero) is 1. The molecule has 0 saturated carbocycles. The van der Waals surface area contributed by atoms with Gasteiger partial charge in [-0.25, -0.2) is 4.99 Å². The Labute approximate surface area is 193 Å². The van der Waals surface area contributed by atoms with Crippen LogP contribution >= 0.6 is 22.9 Å². The van der Waals surface area contributed by atoms with Crippen molar-refractivity contribution < 1.29 is 14.6 Å². The Morgan fingerprint density at radius 3 is 2.75 bits per heavy atom. The van der Waals surface area contributed by atoms with Crippen molar-refractivity contribution in [2.45, 2.75) is 19.4 Å². The second-order valence-electron chi connectivity index (χ2n) is 7.39. The number of halogens is 1. The average Bonchev–Trinajstić information content (AvgIpc) is 3.09. The Kier molecular flexibility index (Phi) is 6.41. The first-order valence-corrected chi connectivity index (χ1v) is 11.2. The summed E-state index contributed by atoms with van der Waals surface area (Å²) < 4.78 is 7.12. The molecule has 0 radical (unpaired) electrons. The maximum absolute atomic E-state index is 13.4. The highest BCUT2D eigenvalue weighted by atomic mass is 35.5. The first-order chi connectivity index (χ1) is 15.4. The lowest BCUT2D eigenvalue weighted by molar-refractivity contribution is -0.119. The summed E-state index contributed by atoms with van der Waals surface area (Å²) in [7, 11) is 1.46. The van der Waals surface area contributed by atoms with Crippen molar-refractivity contribution in [3.8, 4) is 5.75 Å². The zero-order chi connectivity index (χ0) is 22.8. The molecule has 32 heavy (non-hydrogen) atoms. The van der Waals surface area contributed by atoms with E-state index in [-0.39, 0.29) is 23.7 Å². The molecule has 2 heterocycles. The number of phenolic OH excluding ortho intramolecular Hbond substituents is 1. The van der Waals surface area contributed by atoms with E-state index in [1.54, 1.807) is 29.7 Å². The molecule has 0 bridgehead atoms. The van der Waals surface area contributed by atoms with Crippen LogP contribution in [0.25, 0.3) is 6.08 Å². The van der Waals surface area contributed by atoms with Gasteiger partial charge < -0.3 is 9.84 Å². The standard InChI is InChI=1S/C24H21ClN2O4S/c1-14-21(19(29)13-31-2)22(15-6-4-3-5-7-15)27-23(30)20(32-24(27)26-14)11-8-16-12-17(25)9-10-18(16)28/h3-7,9-12,22,28H,8,13H2,1-2H3/b20-11-. The number of ketones is 1. The lowest BCUT2D eigenvalue weighted by Crippen LogP contribution is -2.40. The normalized spacial score (nSPS) is 16.1. The lowest BCUT2D eigenvalue weighted by Gasteiger charge is -2.25. The lowest BCUT2D eigenvalue weighted by atomic mass is 9.93. The van der Waals surface area contributed by atoms with E-state index in [0.29, 0.717) is 37.6 Å². The van der Waals surface area contributed by atoms with E-state index < -0.39 is 6.04 Å². The van der Waals surface area contributed by atoms with E-state index in [4.69, 9.17) is 16.3 Å². The third-order valence-corrected chi connectivity index (χ3v) is 6.53. The topological polar surface area (TPSA) is 80.9 Å². The number of benzene rings is 2. The number of nitrogens with zero attached hydrogens (tertiary/aromatic N) is 2. The maximum Gasteiger partial charge on any atom is 0.270 e. The van der Waals surface area contributed by atoms with Gasteiger partial charge in [0.1, 0.15) is 12.4 Å². The number of ether oxygens (including phenoxy) is 1. The fourth-order valence-corrected chi connectivity index (χ4v) is 5.01. The Morgan fingerprint density at radius 2 is 2.03 bits per heavy atom. The van der Waals surface area contributed by atoms with Crippen LogP contribution in [0.3, 0.4) is 0 Å². The molecule has 1 atom stereocenters. The van der Waals surface area contributed by atoms with Gasteiger partial charge in [-0.15, -0.1) is 0 Å². The number of allylic oxidation sites excluding steroid dienone is 1. The fourth-order valence-electron chi connectivity index (χ4n) is 3.80. The van der Waals surface area contributed by atoms with E-state index in [2.05, 4.69) is 4.99 Å². The van der Waals surface area contributed by atoms with E-state index in [9.17, 15) is 14.7 Å². The van der Waals surface area contributed by atoms with Gasteiger partial charge in [0, 0.05) is 23.4 Å². The summed E-state index contributed by atoms with van der Waals surface area (Å²) in [5.41, 5.74) is 2.22. The van der Waals surface area contributed by atoms with Crippen molar-refractivity contribution >= 4 is 34.8 Å². The van der Waals surface area contributed by atoms with Gasteiger partial charge in [-0.1, -0.05) is 59.3 Å². The Morgan fingerprint density at radius 1 is 1.28 bits per heavy atom. The molecule has 1 aromatic heterocycles. The zero-order valence-corrected chi connectivity index (χ0v) is 19.1. The molecule has 8 heteroatoms. The van der Waals surface area contributed by atoms with E-state index in [0.717, 1.165) is 5.56 Å². The number of methoxy groups -OCH3 is 1. The van der Waals surface area contributed by atoms with Crippen LogP contribution in [0.15, 0.2) is 69.6 Å². The molecule has 3 aromatic rings. The van der Waals surface area contributed by atoms with Crippen LogP contribution in [-0.4, -0.2) is 29.2 Å². The average molecular weight is 469 g/mol. The second kappa shape index (κ2) is 9.24. The highest BCUT2D eigenvalue weighted by Gasteiger charge is 2.31. The molecule has 2 aromatic carbocycles. The predicted molar refractivity (Wildman–Crippen MR) is 125 cm³/mol. The van der Waals surface area contributed by atoms with Gasteiger partial charge in [-0.2, -0.15) is 0 Å². The molecule has 164 valence electrons. The molecule has 0 spiro atoms. The highest BCUT2D eigenvalue weighted by Crippen LogP contribution is 2.30. The minimum absolute atomic E-state index is 0.0905. The van der Waals surface area contributed by atoms with Crippen LogP contribution in [0.5, 0.6) is 5.75 Å². The maximum atomic E-state index is 13.4. The van der Waals surface area contributed by atoms with Crippen molar-refractivity contribution in [3.63, 3.8) is 0 Å². The number of aromatic nitrogens is 1. The molecule has 0 fully saturated rings. The third-order valence-electron chi connectivity index (χ3n) is 5.26. The summed E-state index contributed by atoms with van der Waals surface area (Å²) >= 11 is 7.29. The monoisotopic (exact) mass is 468 g/mol. The first-order valence-electron chi connectivity index (χ1n) is 9.96. The van der Waals surface area contributed by atoms with Crippen molar-refractivity contribution in [3.05, 3.63) is 95.6 Å². The van der Waals surface area contributed by atoms with Gasteiger partial charge in [0.2, 0.25) is 0 Å². The number of carbonyl (C=O) groups excluding carboxylic acids is 1. The molecule has 0 aliphatic carbocycles. The van der Waals surface area contributed by atoms with Crippen LogP contribution in [0.2, 0.25) is 5.02 Å². The van der Waals surface area contributed by atoms with E-state index in [1.165, 1.54) is 24.5 Å². The molecule has 1 aliphatic rings. The summed E-state index contributed by atoms with van der Waals surface area (Å²) in [6.45, 7) is 1.69. The van der Waals surface area contributed by atoms with Gasteiger partial charge in [0.25, 0.3) is 5.56 Å². The molecule has 4 rings (SSSR count). The summed E-state index contributed by atoms with van der Waals surface area (Å²) in [5, 5.41) is 10.6. The van der Waals surface area contributed by atoms with Crippen LogP contribution in [0.4, 0.5) is 0 Å². The van der Waals surface area contributed by atoms with Crippen molar-refractivity contribution in [2.75, 3.05) is 13.7 Å². The first kappa shape index (κ1) is 22.2. The van der Waals surface area contributed by atoms with Crippen LogP contribution in [0, 0.1) is 0 Å². The Bertz CT molecular complexity index is 1390. The highest BCUT2D eigenvalue weighted by molar-refractivity contribution is 7.07. The number of rotatable bonds is 6. The van der Waals surface area contributed by atoms with Gasteiger partial charge >= 0.3 is 0 Å². The number of aromatic hydroxyl groups is 1. The number of phenols is 1. The SMILES string of the molecule is COCC(=O)C1=C(C)N=c2s/c(=C\Cc3cc(Cl)ccc3O)c(=O)n2C1c1ccccc1. The molecule has 6 nitrogen and oxygen atoms in total. The van der Waals surface area contributed by atoms with Crippen molar-refractivity contribution in [1.29, 1.82) is 0 Å². The van der Waals surface area contributed by atoms with Crippen molar-refractivity contribution in [2.24, 2.45) is 4.99 Å². The summed E-state index contributed by atoms with van der Waals surface area (Å²) in [5.74, 6) is -0.0930. The molecule has 1 N–H and O–H groups in total. The van der Waals surface area contributed by atoms with Crippen LogP contribution in [-0.2, 0) is 16.0 Å². The quantitative estimate of drug-likeness (QED) is 0.603. The molecule has 1 aliphatic heterocycles. The molecule has 0 saturated heterocycles. The Hall–Kier alpha value is -3.00. The minimum Gasteiger partial charge on any atom is -0.508 e. The molecule has 1 unspecified atom stereocenters. The third kappa shape index (κ3) is 4.19. The smallest absolute Gasteiger partial charge is 0.270 e. The summed E-state index contributed by atoms with van der Waals surface area (Å²) in [6.07, 6.45) is 2.09. The second-order valence-corrected chi connectivity index (χ2v) is 8.83. The Balaban J connectivity index is 1.86. The van der Waals surface area contributed by atoms with Crippen LogP contribution < -0.4 is 14.9 Å². The van der Waals surface area contributed by atoms with Gasteiger partial charge in [0.15, 0.2) is 10.6 Å². The number of hydrogen-bond acceptors (Lipinski definition) is 6. The van der Waals surface area contributed by atoms with Gasteiger partial charge in [-0.05, 0) is 42.7 Å². The van der Waals surface area contributed by atoms with Crippen LogP contribution in [0.1, 0.15) is 24.1 Å². The molecular formula is C24H21ClN2O4S. The number of thiazole rings is 1. The molecular weight excluding hydrogens is 448 g/mol. The predicted octanol–water partition coefficient (Wildman–Crippen LogP) is 3.00. The van der Waals surface area contributed by atoms with Gasteiger partial charge in [-0.3, -0.25) is 14.2 Å². The minimum atomic E-state index is -0.586. The summed E-state index contributed by atoms with van der Waals surface area (Å²) in [6, 6.07) is 13.6. The number of carbonyl (C=O) groups is 1. The summed E-state index contributed by atoms with van der Waals surface area (Å²) in [4.78, 5) is 31.4. The number of hydrogen-bond donors (Lipinski definition) is 1.